The number of aryl methyl sites for hydroxylation is 1. The summed E-state index contributed by atoms with van der Waals surface area (Å²) in [5, 5.41) is 5.34. The third-order valence-corrected chi connectivity index (χ3v) is 3.74. The summed E-state index contributed by atoms with van der Waals surface area (Å²) in [7, 11) is 0. The minimum atomic E-state index is -0.619. The lowest BCUT2D eigenvalue weighted by atomic mass is 10.1. The molecule has 4 nitrogen and oxygen atoms in total. The molecule has 0 aromatic heterocycles. The van der Waals surface area contributed by atoms with Gasteiger partial charge in [0, 0.05) is 6.54 Å². The number of benzene rings is 2. The molecule has 2 amide bonds. The van der Waals surface area contributed by atoms with Crippen molar-refractivity contribution < 1.29 is 9.59 Å². The summed E-state index contributed by atoms with van der Waals surface area (Å²) in [4.78, 5) is 23.8. The van der Waals surface area contributed by atoms with E-state index in [1.54, 1.807) is 0 Å². The minimum absolute atomic E-state index is 0.210. The van der Waals surface area contributed by atoms with Gasteiger partial charge in [-0.15, -0.1) is 0 Å². The van der Waals surface area contributed by atoms with E-state index in [0.29, 0.717) is 6.54 Å². The number of carbonyl (C=O) groups excluding carboxylic acids is 2. The zero-order valence-corrected chi connectivity index (χ0v) is 13.5. The van der Waals surface area contributed by atoms with Crippen LogP contribution in [0.4, 0.5) is 0 Å². The van der Waals surface area contributed by atoms with Crippen molar-refractivity contribution in [2.24, 2.45) is 0 Å². The van der Waals surface area contributed by atoms with E-state index in [2.05, 4.69) is 17.6 Å². The van der Waals surface area contributed by atoms with Gasteiger partial charge in [0.05, 0.1) is 6.04 Å². The van der Waals surface area contributed by atoms with Crippen LogP contribution in [0.1, 0.15) is 36.6 Å². The SMILES string of the molecule is CCc1ccc(CNC(=O)C(=O)NC(C)c2ccccc2)cc1. The molecule has 0 heterocycles. The molecule has 0 saturated carbocycles. The van der Waals surface area contributed by atoms with Gasteiger partial charge in [-0.1, -0.05) is 61.5 Å². The van der Waals surface area contributed by atoms with Crippen LogP contribution < -0.4 is 10.6 Å². The van der Waals surface area contributed by atoms with Gasteiger partial charge in [-0.05, 0) is 30.0 Å². The Morgan fingerprint density at radius 3 is 2.13 bits per heavy atom. The Hall–Kier alpha value is -2.62. The maximum atomic E-state index is 11.9. The van der Waals surface area contributed by atoms with Gasteiger partial charge in [0.25, 0.3) is 0 Å². The van der Waals surface area contributed by atoms with Crippen LogP contribution >= 0.6 is 0 Å². The van der Waals surface area contributed by atoms with Crippen molar-refractivity contribution in [2.75, 3.05) is 0 Å². The van der Waals surface area contributed by atoms with Crippen molar-refractivity contribution in [3.63, 3.8) is 0 Å². The number of rotatable bonds is 5. The zero-order valence-electron chi connectivity index (χ0n) is 13.5. The van der Waals surface area contributed by atoms with Crippen molar-refractivity contribution in [3.05, 3.63) is 71.3 Å². The molecule has 0 aliphatic rings. The highest BCUT2D eigenvalue weighted by molar-refractivity contribution is 6.35. The molecular weight excluding hydrogens is 288 g/mol. The monoisotopic (exact) mass is 310 g/mol. The predicted molar refractivity (Wildman–Crippen MR) is 90.7 cm³/mol. The van der Waals surface area contributed by atoms with Gasteiger partial charge in [0.15, 0.2) is 0 Å². The molecular formula is C19H22N2O2. The first-order chi connectivity index (χ1) is 11.1. The van der Waals surface area contributed by atoms with Gasteiger partial charge < -0.3 is 10.6 Å². The summed E-state index contributed by atoms with van der Waals surface area (Å²) in [6.45, 7) is 4.29. The minimum Gasteiger partial charge on any atom is -0.344 e. The predicted octanol–water partition coefficient (Wildman–Crippen LogP) is 2.74. The fourth-order valence-corrected chi connectivity index (χ4v) is 2.24. The summed E-state index contributed by atoms with van der Waals surface area (Å²) in [5.74, 6) is -1.24. The van der Waals surface area contributed by atoms with Gasteiger partial charge >= 0.3 is 11.8 Å². The molecule has 0 saturated heterocycles. The van der Waals surface area contributed by atoms with Crippen molar-refractivity contribution in [1.29, 1.82) is 0 Å². The average molecular weight is 310 g/mol. The Balaban J connectivity index is 1.83. The molecule has 0 aliphatic heterocycles. The number of hydrogen-bond donors (Lipinski definition) is 2. The highest BCUT2D eigenvalue weighted by atomic mass is 16.2. The van der Waals surface area contributed by atoms with Crippen LogP contribution in [0.3, 0.4) is 0 Å². The van der Waals surface area contributed by atoms with E-state index in [0.717, 1.165) is 17.5 Å². The third kappa shape index (κ3) is 4.95. The van der Waals surface area contributed by atoms with Gasteiger partial charge in [-0.2, -0.15) is 0 Å². The van der Waals surface area contributed by atoms with Crippen LogP contribution in [0.25, 0.3) is 0 Å². The molecule has 2 rings (SSSR count). The van der Waals surface area contributed by atoms with Crippen LogP contribution in [-0.2, 0) is 22.6 Å². The fourth-order valence-electron chi connectivity index (χ4n) is 2.24. The number of amides is 2. The largest absolute Gasteiger partial charge is 0.344 e. The molecule has 0 spiro atoms. The lowest BCUT2D eigenvalue weighted by Gasteiger charge is -2.14. The van der Waals surface area contributed by atoms with Gasteiger partial charge in [0.1, 0.15) is 0 Å². The normalized spacial score (nSPS) is 11.6. The van der Waals surface area contributed by atoms with Gasteiger partial charge in [-0.3, -0.25) is 9.59 Å². The molecule has 2 N–H and O–H groups in total. The van der Waals surface area contributed by atoms with E-state index >= 15 is 0 Å². The maximum absolute atomic E-state index is 11.9. The first-order valence-corrected chi connectivity index (χ1v) is 7.81. The molecule has 2 aromatic carbocycles. The van der Waals surface area contributed by atoms with Crippen LogP contribution in [0, 0.1) is 0 Å². The van der Waals surface area contributed by atoms with Crippen molar-refractivity contribution in [2.45, 2.75) is 32.9 Å². The molecule has 0 fully saturated rings. The quantitative estimate of drug-likeness (QED) is 0.834. The molecule has 1 atom stereocenters. The number of nitrogens with one attached hydrogen (secondary N) is 2. The van der Waals surface area contributed by atoms with Crippen LogP contribution in [0.2, 0.25) is 0 Å². The number of carbonyl (C=O) groups is 2. The molecule has 0 bridgehead atoms. The van der Waals surface area contributed by atoms with E-state index in [-0.39, 0.29) is 6.04 Å². The Bertz CT molecular complexity index is 651. The molecule has 4 heteroatoms. The lowest BCUT2D eigenvalue weighted by molar-refractivity contribution is -0.139. The molecule has 120 valence electrons. The van der Waals surface area contributed by atoms with E-state index in [9.17, 15) is 9.59 Å². The molecule has 2 aromatic rings. The topological polar surface area (TPSA) is 58.2 Å². The summed E-state index contributed by atoms with van der Waals surface area (Å²) >= 11 is 0. The van der Waals surface area contributed by atoms with Crippen LogP contribution in [0.5, 0.6) is 0 Å². The highest BCUT2D eigenvalue weighted by Gasteiger charge is 2.16. The van der Waals surface area contributed by atoms with Crippen LogP contribution in [-0.4, -0.2) is 11.8 Å². The summed E-state index contributed by atoms with van der Waals surface area (Å²) in [6.07, 6.45) is 0.979. The fraction of sp³-hybridized carbons (Fsp3) is 0.263. The second-order valence-electron chi connectivity index (χ2n) is 5.46. The highest BCUT2D eigenvalue weighted by Crippen LogP contribution is 2.10. The Kier molecular flexibility index (Phi) is 5.92. The first-order valence-electron chi connectivity index (χ1n) is 7.81. The average Bonchev–Trinajstić information content (AvgIpc) is 2.60. The van der Waals surface area contributed by atoms with Crippen molar-refractivity contribution >= 4 is 11.8 Å². The Morgan fingerprint density at radius 1 is 0.913 bits per heavy atom. The zero-order chi connectivity index (χ0) is 16.7. The number of hydrogen-bond acceptors (Lipinski definition) is 2. The van der Waals surface area contributed by atoms with Crippen molar-refractivity contribution in [3.8, 4) is 0 Å². The molecule has 0 radical (unpaired) electrons. The van der Waals surface area contributed by atoms with Crippen LogP contribution in [0.15, 0.2) is 54.6 Å². The standard InChI is InChI=1S/C19H22N2O2/c1-3-15-9-11-16(12-10-15)13-20-18(22)19(23)21-14(2)17-7-5-4-6-8-17/h4-12,14H,3,13H2,1-2H3,(H,20,22)(H,21,23). The van der Waals surface area contributed by atoms with E-state index in [1.807, 2.05) is 61.5 Å². The second-order valence-corrected chi connectivity index (χ2v) is 5.46. The summed E-state index contributed by atoms with van der Waals surface area (Å²) < 4.78 is 0. The molecule has 0 aliphatic carbocycles. The maximum Gasteiger partial charge on any atom is 0.309 e. The summed E-state index contributed by atoms with van der Waals surface area (Å²) in [5.41, 5.74) is 3.18. The van der Waals surface area contributed by atoms with E-state index in [4.69, 9.17) is 0 Å². The van der Waals surface area contributed by atoms with E-state index < -0.39 is 11.8 Å². The summed E-state index contributed by atoms with van der Waals surface area (Å²) in [6, 6.07) is 17.3. The Morgan fingerprint density at radius 2 is 1.52 bits per heavy atom. The van der Waals surface area contributed by atoms with Crippen molar-refractivity contribution in [1.82, 2.24) is 10.6 Å². The second kappa shape index (κ2) is 8.13. The first kappa shape index (κ1) is 16.7. The van der Waals surface area contributed by atoms with E-state index in [1.165, 1.54) is 5.56 Å². The third-order valence-electron chi connectivity index (χ3n) is 3.74. The molecule has 23 heavy (non-hydrogen) atoms. The Labute approximate surface area is 136 Å². The van der Waals surface area contributed by atoms with Gasteiger partial charge in [0.2, 0.25) is 0 Å². The lowest BCUT2D eigenvalue weighted by Crippen LogP contribution is -2.40. The smallest absolute Gasteiger partial charge is 0.309 e. The van der Waals surface area contributed by atoms with Gasteiger partial charge in [-0.25, -0.2) is 0 Å². The molecule has 1 unspecified atom stereocenters.